The molecule has 0 unspecified atom stereocenters. The molecule has 0 bridgehead atoms. The predicted octanol–water partition coefficient (Wildman–Crippen LogP) is 3.58. The van der Waals surface area contributed by atoms with Crippen molar-refractivity contribution in [3.8, 4) is 0 Å². The number of imidazole rings is 2. The van der Waals surface area contributed by atoms with Gasteiger partial charge in [0.1, 0.15) is 29.6 Å². The Hall–Kier alpha value is -4.72. The number of nitrogens with zero attached hydrogens (tertiary/aromatic N) is 2. The van der Waals surface area contributed by atoms with Gasteiger partial charge in [0, 0.05) is 38.4 Å². The third-order valence-electron chi connectivity index (χ3n) is 7.71. The van der Waals surface area contributed by atoms with Crippen LogP contribution in [0.25, 0.3) is 0 Å². The molecule has 0 aliphatic heterocycles. The Morgan fingerprint density at radius 1 is 0.958 bits per heavy atom. The van der Waals surface area contributed by atoms with Crippen molar-refractivity contribution in [3.05, 3.63) is 72.3 Å². The number of rotatable bonds is 13. The monoisotopic (exact) mass is 667 g/mol. The van der Waals surface area contributed by atoms with Crippen molar-refractivity contribution in [3.63, 3.8) is 0 Å². The van der Waals surface area contributed by atoms with Crippen molar-refractivity contribution in [2.24, 2.45) is 5.92 Å². The molecule has 0 saturated heterocycles. The fourth-order valence-corrected chi connectivity index (χ4v) is 5.56. The maximum Gasteiger partial charge on any atom is 0.408 e. The molecule has 14 heteroatoms. The zero-order valence-electron chi connectivity index (χ0n) is 28.1. The van der Waals surface area contributed by atoms with E-state index in [4.69, 9.17) is 14.6 Å². The minimum Gasteiger partial charge on any atom is -0.481 e. The molecule has 1 aliphatic rings. The maximum atomic E-state index is 13.9. The van der Waals surface area contributed by atoms with Crippen molar-refractivity contribution in [1.29, 1.82) is 0 Å². The van der Waals surface area contributed by atoms with Crippen molar-refractivity contribution >= 4 is 23.9 Å². The van der Waals surface area contributed by atoms with Gasteiger partial charge in [0.2, 0.25) is 11.8 Å². The SMILES string of the molecule is CC(=O)O.CC(C)(C)OC(=O)N[C@@H](Cc1ccccc1)C(=O)N[C@@H](Cc1c[nH]cn1)C(=O)N[C@@H](CC1CCCCC1)[C@@H](O)c1ncc[nH]1. The van der Waals surface area contributed by atoms with Gasteiger partial charge in [0.05, 0.1) is 18.1 Å². The summed E-state index contributed by atoms with van der Waals surface area (Å²) in [6.07, 6.45) is 10.9. The lowest BCUT2D eigenvalue weighted by Crippen LogP contribution is -2.57. The molecule has 4 rings (SSSR count). The second-order valence-corrected chi connectivity index (χ2v) is 13.0. The standard InChI is InChI=1S/C32H45N7O5.C2H4O2/c1-32(2,3)44-31(43)39-25(17-22-12-8-5-9-13-22)29(41)38-26(18-23-19-33-20-36-23)30(42)37-24(16-21-10-6-4-7-11-21)27(40)28-34-14-15-35-28;1-2(3)4/h5,8-9,12-15,19-21,24-27,40H,4,6-7,10-11,16-18H2,1-3H3,(H,33,36)(H,34,35)(H,37,42)(H,38,41)(H,39,43);1H3,(H,3,4)/t24-,25-,26-,27+;/m0./s1. The maximum absolute atomic E-state index is 13.9. The normalized spacial score (nSPS) is 15.9. The number of alkyl carbamates (subject to hydrolysis) is 1. The first-order valence-electron chi connectivity index (χ1n) is 16.3. The number of benzene rings is 1. The number of ether oxygens (including phenoxy) is 1. The lowest BCUT2D eigenvalue weighted by molar-refractivity contribution is -0.134. The predicted molar refractivity (Wildman–Crippen MR) is 178 cm³/mol. The molecule has 3 aromatic rings. The van der Waals surface area contributed by atoms with Crippen LogP contribution in [-0.2, 0) is 32.0 Å². The minimum atomic E-state index is -1.06. The average Bonchev–Trinajstić information content (AvgIpc) is 3.75. The van der Waals surface area contributed by atoms with Crippen LogP contribution in [0.3, 0.4) is 0 Å². The van der Waals surface area contributed by atoms with Gasteiger partial charge < -0.3 is 40.9 Å². The summed E-state index contributed by atoms with van der Waals surface area (Å²) in [6, 6.07) is 6.59. The van der Waals surface area contributed by atoms with E-state index in [0.29, 0.717) is 23.9 Å². The summed E-state index contributed by atoms with van der Waals surface area (Å²) >= 11 is 0. The molecule has 4 atom stereocenters. The number of carbonyl (C=O) groups excluding carboxylic acids is 3. The number of hydrogen-bond donors (Lipinski definition) is 7. The van der Waals surface area contributed by atoms with Gasteiger partial charge in [-0.05, 0) is 38.7 Å². The van der Waals surface area contributed by atoms with Crippen LogP contribution in [0.4, 0.5) is 4.79 Å². The zero-order valence-corrected chi connectivity index (χ0v) is 28.1. The van der Waals surface area contributed by atoms with Crippen molar-refractivity contribution in [2.75, 3.05) is 0 Å². The van der Waals surface area contributed by atoms with E-state index in [9.17, 15) is 19.5 Å². The highest BCUT2D eigenvalue weighted by Crippen LogP contribution is 2.30. The molecule has 2 aromatic heterocycles. The Labute approximate surface area is 280 Å². The van der Waals surface area contributed by atoms with Crippen molar-refractivity contribution in [1.82, 2.24) is 35.9 Å². The molecule has 7 N–H and O–H groups in total. The average molecular weight is 668 g/mol. The summed E-state index contributed by atoms with van der Waals surface area (Å²) in [6.45, 7) is 6.30. The van der Waals surface area contributed by atoms with Gasteiger partial charge in [-0.2, -0.15) is 0 Å². The Morgan fingerprint density at radius 3 is 2.19 bits per heavy atom. The molecule has 1 fully saturated rings. The molecule has 3 amide bonds. The summed E-state index contributed by atoms with van der Waals surface area (Å²) in [5, 5.41) is 27.2. The zero-order chi connectivity index (χ0) is 35.1. The molecule has 1 aliphatic carbocycles. The molecule has 0 spiro atoms. The Kier molecular flexibility index (Phi) is 14.6. The quantitative estimate of drug-likeness (QED) is 0.142. The first kappa shape index (κ1) is 37.7. The first-order valence-corrected chi connectivity index (χ1v) is 16.3. The third kappa shape index (κ3) is 13.6. The minimum absolute atomic E-state index is 0.0958. The second kappa shape index (κ2) is 18.6. The number of aliphatic hydroxyl groups is 1. The van der Waals surface area contributed by atoms with Crippen LogP contribution in [0.15, 0.2) is 55.2 Å². The van der Waals surface area contributed by atoms with Crippen molar-refractivity contribution in [2.45, 2.75) is 109 Å². The van der Waals surface area contributed by atoms with Gasteiger partial charge >= 0.3 is 6.09 Å². The topological polar surface area (TPSA) is 211 Å². The van der Waals surface area contributed by atoms with E-state index < -0.39 is 53.7 Å². The number of carboxylic acid groups (broad SMARTS) is 1. The number of hydrogen-bond acceptors (Lipinski definition) is 8. The Balaban J connectivity index is 0.00000148. The van der Waals surface area contributed by atoms with Crippen LogP contribution in [0.1, 0.15) is 89.4 Å². The van der Waals surface area contributed by atoms with Gasteiger partial charge in [-0.3, -0.25) is 14.4 Å². The van der Waals surface area contributed by atoms with E-state index in [1.807, 2.05) is 30.3 Å². The van der Waals surface area contributed by atoms with E-state index in [2.05, 4.69) is 35.9 Å². The Bertz CT molecular complexity index is 1400. The van der Waals surface area contributed by atoms with E-state index in [-0.39, 0.29) is 12.8 Å². The van der Waals surface area contributed by atoms with Gasteiger partial charge in [0.15, 0.2) is 0 Å². The summed E-state index contributed by atoms with van der Waals surface area (Å²) in [4.78, 5) is 63.7. The smallest absolute Gasteiger partial charge is 0.408 e. The van der Waals surface area contributed by atoms with Gasteiger partial charge in [-0.15, -0.1) is 0 Å². The van der Waals surface area contributed by atoms with Crippen LogP contribution >= 0.6 is 0 Å². The van der Waals surface area contributed by atoms with Crippen LogP contribution < -0.4 is 16.0 Å². The van der Waals surface area contributed by atoms with Crippen LogP contribution in [0.2, 0.25) is 0 Å². The molecule has 262 valence electrons. The largest absolute Gasteiger partial charge is 0.481 e. The summed E-state index contributed by atoms with van der Waals surface area (Å²) in [7, 11) is 0. The number of aromatic nitrogens is 4. The van der Waals surface area contributed by atoms with Crippen LogP contribution in [-0.4, -0.2) is 77.8 Å². The van der Waals surface area contributed by atoms with Crippen LogP contribution in [0, 0.1) is 5.92 Å². The highest BCUT2D eigenvalue weighted by atomic mass is 16.6. The fraction of sp³-hybridized carbons (Fsp3) is 0.529. The molecule has 48 heavy (non-hydrogen) atoms. The van der Waals surface area contributed by atoms with E-state index in [1.165, 1.54) is 12.7 Å². The lowest BCUT2D eigenvalue weighted by atomic mass is 9.83. The summed E-state index contributed by atoms with van der Waals surface area (Å²) < 4.78 is 5.42. The molecular formula is C34H49N7O7. The van der Waals surface area contributed by atoms with Gasteiger partial charge in [-0.25, -0.2) is 14.8 Å². The fourth-order valence-electron chi connectivity index (χ4n) is 5.56. The number of H-pyrrole nitrogens is 2. The van der Waals surface area contributed by atoms with Gasteiger partial charge in [0.25, 0.3) is 5.97 Å². The highest BCUT2D eigenvalue weighted by Gasteiger charge is 2.33. The number of aromatic amines is 2. The number of amides is 3. The number of carboxylic acids is 1. The molecular weight excluding hydrogens is 618 g/mol. The van der Waals surface area contributed by atoms with Gasteiger partial charge in [-0.1, -0.05) is 62.4 Å². The second-order valence-electron chi connectivity index (χ2n) is 13.0. The van der Waals surface area contributed by atoms with E-state index in [1.54, 1.807) is 39.4 Å². The van der Waals surface area contributed by atoms with E-state index >= 15 is 0 Å². The highest BCUT2D eigenvalue weighted by molar-refractivity contribution is 5.91. The first-order chi connectivity index (χ1) is 22.8. The number of aliphatic hydroxyl groups excluding tert-OH is 1. The molecule has 14 nitrogen and oxygen atoms in total. The van der Waals surface area contributed by atoms with Crippen LogP contribution in [0.5, 0.6) is 0 Å². The van der Waals surface area contributed by atoms with E-state index in [0.717, 1.165) is 38.2 Å². The Morgan fingerprint density at radius 2 is 1.60 bits per heavy atom. The lowest BCUT2D eigenvalue weighted by Gasteiger charge is -2.31. The number of nitrogens with one attached hydrogen (secondary N) is 5. The third-order valence-corrected chi connectivity index (χ3v) is 7.71. The van der Waals surface area contributed by atoms with Crippen molar-refractivity contribution < 1.29 is 34.1 Å². The summed E-state index contributed by atoms with van der Waals surface area (Å²) in [5.74, 6) is -1.14. The molecule has 1 aromatic carbocycles. The molecule has 1 saturated carbocycles. The molecule has 0 radical (unpaired) electrons. The number of aliphatic carboxylic acids is 1. The number of carbonyl (C=O) groups is 4. The summed E-state index contributed by atoms with van der Waals surface area (Å²) in [5.41, 5.74) is 0.634. The molecule has 2 heterocycles.